The van der Waals surface area contributed by atoms with E-state index in [1.807, 2.05) is 0 Å². The lowest BCUT2D eigenvalue weighted by Crippen LogP contribution is -2.28. The first-order chi connectivity index (χ1) is 8.08. The summed E-state index contributed by atoms with van der Waals surface area (Å²) in [5.41, 5.74) is -0.0552. The molecular formula is C12H17BrF2N2. The number of rotatable bonds is 6. The lowest BCUT2D eigenvalue weighted by molar-refractivity contribution is 0.315. The van der Waals surface area contributed by atoms with Crippen molar-refractivity contribution in [1.29, 1.82) is 0 Å². The largest absolute Gasteiger partial charge is 0.379 e. The van der Waals surface area contributed by atoms with Gasteiger partial charge in [-0.05, 0) is 25.2 Å². The molecule has 17 heavy (non-hydrogen) atoms. The zero-order chi connectivity index (χ0) is 12.8. The van der Waals surface area contributed by atoms with E-state index in [4.69, 9.17) is 0 Å². The Kier molecular flexibility index (Phi) is 5.85. The van der Waals surface area contributed by atoms with Crippen LogP contribution in [0.1, 0.15) is 13.8 Å². The number of benzene rings is 1. The Bertz CT molecular complexity index is 345. The van der Waals surface area contributed by atoms with Crippen LogP contribution in [0.4, 0.5) is 14.5 Å². The molecule has 1 aromatic rings. The molecule has 1 aromatic carbocycles. The Labute approximate surface area is 109 Å². The predicted octanol–water partition coefficient (Wildman–Crippen LogP) is 3.48. The minimum atomic E-state index is -0.573. The van der Waals surface area contributed by atoms with Crippen molar-refractivity contribution in [3.8, 4) is 0 Å². The van der Waals surface area contributed by atoms with Crippen LogP contribution >= 0.6 is 15.9 Å². The van der Waals surface area contributed by atoms with Crippen LogP contribution in [0.2, 0.25) is 0 Å². The summed E-state index contributed by atoms with van der Waals surface area (Å²) in [7, 11) is 0. The molecule has 0 atom stereocenters. The van der Waals surface area contributed by atoms with E-state index in [0.717, 1.165) is 19.6 Å². The molecule has 0 unspecified atom stereocenters. The Hall–Kier alpha value is -0.680. The third-order valence-electron chi connectivity index (χ3n) is 2.63. The molecule has 1 rings (SSSR count). The number of hydrogen-bond donors (Lipinski definition) is 1. The first kappa shape index (κ1) is 14.4. The van der Waals surface area contributed by atoms with E-state index in [1.54, 1.807) is 0 Å². The molecule has 5 heteroatoms. The second-order valence-electron chi connectivity index (χ2n) is 3.70. The number of nitrogens with one attached hydrogen (secondary N) is 1. The average Bonchev–Trinajstić information content (AvgIpc) is 2.27. The lowest BCUT2D eigenvalue weighted by atomic mass is 10.3. The molecule has 0 aliphatic carbocycles. The van der Waals surface area contributed by atoms with Crippen molar-refractivity contribution in [2.45, 2.75) is 13.8 Å². The first-order valence-corrected chi connectivity index (χ1v) is 6.48. The predicted molar refractivity (Wildman–Crippen MR) is 70.3 cm³/mol. The van der Waals surface area contributed by atoms with Gasteiger partial charge in [0.05, 0.1) is 0 Å². The highest BCUT2D eigenvalue weighted by molar-refractivity contribution is 9.10. The van der Waals surface area contributed by atoms with Crippen LogP contribution in [0.5, 0.6) is 0 Å². The molecule has 0 bridgehead atoms. The van der Waals surface area contributed by atoms with Gasteiger partial charge in [-0.25, -0.2) is 8.78 Å². The van der Waals surface area contributed by atoms with Crippen LogP contribution < -0.4 is 5.32 Å². The average molecular weight is 307 g/mol. The van der Waals surface area contributed by atoms with Gasteiger partial charge in [0.1, 0.15) is 17.3 Å². The maximum absolute atomic E-state index is 13.5. The number of halogens is 3. The summed E-state index contributed by atoms with van der Waals surface area (Å²) in [5.74, 6) is -1.15. The fraction of sp³-hybridized carbons (Fsp3) is 0.500. The van der Waals surface area contributed by atoms with Crippen molar-refractivity contribution >= 4 is 21.6 Å². The molecule has 0 spiro atoms. The molecule has 0 fully saturated rings. The van der Waals surface area contributed by atoms with Crippen LogP contribution in [-0.2, 0) is 0 Å². The van der Waals surface area contributed by atoms with Crippen LogP contribution in [0.3, 0.4) is 0 Å². The van der Waals surface area contributed by atoms with E-state index >= 15 is 0 Å². The molecule has 0 radical (unpaired) electrons. The van der Waals surface area contributed by atoms with Crippen LogP contribution in [0, 0.1) is 11.6 Å². The second kappa shape index (κ2) is 6.91. The molecule has 0 aromatic heterocycles. The topological polar surface area (TPSA) is 15.3 Å². The maximum Gasteiger partial charge on any atom is 0.150 e. The molecule has 1 N–H and O–H groups in total. The summed E-state index contributed by atoms with van der Waals surface area (Å²) in [6.07, 6.45) is 0. The molecule has 96 valence electrons. The summed E-state index contributed by atoms with van der Waals surface area (Å²) >= 11 is 3.04. The standard InChI is InChI=1S/C12H17BrF2N2/c1-3-17(4-2)6-5-16-12-10(14)7-9(13)8-11(12)15/h7-8,16H,3-6H2,1-2H3. The summed E-state index contributed by atoms with van der Waals surface area (Å²) in [4.78, 5) is 2.18. The fourth-order valence-electron chi connectivity index (χ4n) is 1.59. The van der Waals surface area contributed by atoms with Gasteiger partial charge in [0.2, 0.25) is 0 Å². The van der Waals surface area contributed by atoms with Gasteiger partial charge in [-0.1, -0.05) is 29.8 Å². The monoisotopic (exact) mass is 306 g/mol. The quantitative estimate of drug-likeness (QED) is 0.865. The van der Waals surface area contributed by atoms with Gasteiger partial charge in [0, 0.05) is 17.6 Å². The van der Waals surface area contributed by atoms with E-state index in [0.29, 0.717) is 11.0 Å². The zero-order valence-corrected chi connectivity index (χ0v) is 11.7. The van der Waals surface area contributed by atoms with Gasteiger partial charge in [-0.2, -0.15) is 0 Å². The van der Waals surface area contributed by atoms with Crippen LogP contribution in [-0.4, -0.2) is 31.1 Å². The van der Waals surface area contributed by atoms with Gasteiger partial charge in [-0.15, -0.1) is 0 Å². The number of anilines is 1. The van der Waals surface area contributed by atoms with E-state index in [9.17, 15) is 8.78 Å². The van der Waals surface area contributed by atoms with Gasteiger partial charge >= 0.3 is 0 Å². The summed E-state index contributed by atoms with van der Waals surface area (Å²) in [6.45, 7) is 7.28. The van der Waals surface area contributed by atoms with Gasteiger partial charge in [0.25, 0.3) is 0 Å². The molecule has 0 saturated heterocycles. The lowest BCUT2D eigenvalue weighted by Gasteiger charge is -2.18. The van der Waals surface area contributed by atoms with Crippen molar-refractivity contribution in [2.24, 2.45) is 0 Å². The second-order valence-corrected chi connectivity index (χ2v) is 4.61. The Morgan fingerprint density at radius 2 is 1.71 bits per heavy atom. The highest BCUT2D eigenvalue weighted by Crippen LogP contribution is 2.23. The molecule has 0 amide bonds. The minimum Gasteiger partial charge on any atom is -0.379 e. The zero-order valence-electron chi connectivity index (χ0n) is 10.1. The van der Waals surface area contributed by atoms with E-state index in [2.05, 4.69) is 40.0 Å². The first-order valence-electron chi connectivity index (χ1n) is 5.69. The number of hydrogen-bond acceptors (Lipinski definition) is 2. The normalized spacial score (nSPS) is 10.9. The van der Waals surface area contributed by atoms with Gasteiger partial charge in [0.15, 0.2) is 0 Å². The van der Waals surface area contributed by atoms with Crippen LogP contribution in [0.25, 0.3) is 0 Å². The number of nitrogens with zero attached hydrogens (tertiary/aromatic N) is 1. The SMILES string of the molecule is CCN(CC)CCNc1c(F)cc(Br)cc1F. The van der Waals surface area contributed by atoms with E-state index in [-0.39, 0.29) is 5.69 Å². The fourth-order valence-corrected chi connectivity index (χ4v) is 1.99. The van der Waals surface area contributed by atoms with Crippen molar-refractivity contribution in [2.75, 3.05) is 31.5 Å². The third-order valence-corrected chi connectivity index (χ3v) is 3.09. The molecule has 0 aliphatic rings. The highest BCUT2D eigenvalue weighted by Gasteiger charge is 2.10. The van der Waals surface area contributed by atoms with Crippen molar-refractivity contribution in [1.82, 2.24) is 4.90 Å². The van der Waals surface area contributed by atoms with Crippen molar-refractivity contribution in [3.63, 3.8) is 0 Å². The van der Waals surface area contributed by atoms with Gasteiger partial charge in [-0.3, -0.25) is 0 Å². The summed E-state index contributed by atoms with van der Waals surface area (Å²) in [5, 5.41) is 2.80. The van der Waals surface area contributed by atoms with Gasteiger partial charge < -0.3 is 10.2 Å². The van der Waals surface area contributed by atoms with E-state index < -0.39 is 11.6 Å². The third kappa shape index (κ3) is 4.24. The maximum atomic E-state index is 13.5. The Morgan fingerprint density at radius 1 is 1.18 bits per heavy atom. The van der Waals surface area contributed by atoms with Crippen molar-refractivity contribution in [3.05, 3.63) is 28.2 Å². The molecule has 2 nitrogen and oxygen atoms in total. The number of likely N-dealkylation sites (N-methyl/N-ethyl adjacent to an activating group) is 1. The highest BCUT2D eigenvalue weighted by atomic mass is 79.9. The van der Waals surface area contributed by atoms with Crippen molar-refractivity contribution < 1.29 is 8.78 Å². The molecule has 0 saturated carbocycles. The van der Waals surface area contributed by atoms with Crippen LogP contribution in [0.15, 0.2) is 16.6 Å². The summed E-state index contributed by atoms with van der Waals surface area (Å²) in [6, 6.07) is 2.51. The molecule has 0 heterocycles. The summed E-state index contributed by atoms with van der Waals surface area (Å²) < 4.78 is 27.3. The Balaban J connectivity index is 2.58. The Morgan fingerprint density at radius 3 is 2.18 bits per heavy atom. The molecule has 0 aliphatic heterocycles. The van der Waals surface area contributed by atoms with E-state index in [1.165, 1.54) is 12.1 Å². The smallest absolute Gasteiger partial charge is 0.150 e. The molecular weight excluding hydrogens is 290 g/mol. The minimum absolute atomic E-state index is 0.0552.